The first-order valence-corrected chi connectivity index (χ1v) is 4.62. The minimum absolute atomic E-state index is 0.103. The number of rotatable bonds is 5. The van der Waals surface area contributed by atoms with Crippen LogP contribution in [0.25, 0.3) is 0 Å². The lowest BCUT2D eigenvalue weighted by Gasteiger charge is -2.02. The van der Waals surface area contributed by atoms with E-state index in [-0.39, 0.29) is 18.4 Å². The van der Waals surface area contributed by atoms with Gasteiger partial charge in [-0.2, -0.15) is 0 Å². The standard InChI is InChI=1S/C10H9F2NO3/c11-8-5-7(3-1-2-4-14)10(13(15)16)6-9(8)12/h4-6H,1-3H2. The Morgan fingerprint density at radius 3 is 2.50 bits per heavy atom. The van der Waals surface area contributed by atoms with Crippen LogP contribution in [-0.4, -0.2) is 11.2 Å². The van der Waals surface area contributed by atoms with Crippen LogP contribution in [0.1, 0.15) is 18.4 Å². The van der Waals surface area contributed by atoms with Crippen LogP contribution < -0.4 is 0 Å². The third-order valence-corrected chi connectivity index (χ3v) is 2.09. The van der Waals surface area contributed by atoms with Crippen molar-refractivity contribution in [2.45, 2.75) is 19.3 Å². The van der Waals surface area contributed by atoms with Crippen LogP contribution in [0.4, 0.5) is 14.5 Å². The van der Waals surface area contributed by atoms with Gasteiger partial charge in [-0.15, -0.1) is 0 Å². The van der Waals surface area contributed by atoms with Gasteiger partial charge >= 0.3 is 0 Å². The molecule has 1 rings (SSSR count). The Kier molecular flexibility index (Phi) is 4.04. The van der Waals surface area contributed by atoms with E-state index in [2.05, 4.69) is 0 Å². The van der Waals surface area contributed by atoms with E-state index in [1.54, 1.807) is 0 Å². The molecule has 0 atom stereocenters. The summed E-state index contributed by atoms with van der Waals surface area (Å²) < 4.78 is 25.6. The van der Waals surface area contributed by atoms with E-state index >= 15 is 0 Å². The van der Waals surface area contributed by atoms with Crippen molar-refractivity contribution in [3.8, 4) is 0 Å². The Balaban J connectivity index is 3.00. The van der Waals surface area contributed by atoms with E-state index in [0.717, 1.165) is 6.07 Å². The Morgan fingerprint density at radius 1 is 1.31 bits per heavy atom. The van der Waals surface area contributed by atoms with Crippen LogP contribution in [0.3, 0.4) is 0 Å². The maximum atomic E-state index is 12.9. The molecule has 0 spiro atoms. The zero-order valence-corrected chi connectivity index (χ0v) is 8.28. The zero-order valence-electron chi connectivity index (χ0n) is 8.28. The number of benzene rings is 1. The van der Waals surface area contributed by atoms with Gasteiger partial charge in [-0.05, 0) is 18.9 Å². The highest BCUT2D eigenvalue weighted by atomic mass is 19.2. The largest absolute Gasteiger partial charge is 0.303 e. The highest BCUT2D eigenvalue weighted by Gasteiger charge is 2.17. The average molecular weight is 229 g/mol. The number of hydrogen-bond donors (Lipinski definition) is 0. The van der Waals surface area contributed by atoms with E-state index in [4.69, 9.17) is 0 Å². The maximum absolute atomic E-state index is 12.9. The van der Waals surface area contributed by atoms with Crippen molar-refractivity contribution in [3.63, 3.8) is 0 Å². The number of aldehydes is 1. The van der Waals surface area contributed by atoms with Crippen molar-refractivity contribution in [2.24, 2.45) is 0 Å². The summed E-state index contributed by atoms with van der Waals surface area (Å²) >= 11 is 0. The monoisotopic (exact) mass is 229 g/mol. The SMILES string of the molecule is O=CCCCc1cc(F)c(F)cc1[N+](=O)[O-]. The topological polar surface area (TPSA) is 60.2 Å². The normalized spacial score (nSPS) is 10.1. The summed E-state index contributed by atoms with van der Waals surface area (Å²) in [6.45, 7) is 0. The quantitative estimate of drug-likeness (QED) is 0.337. The van der Waals surface area contributed by atoms with Gasteiger partial charge in [0.25, 0.3) is 5.69 Å². The van der Waals surface area contributed by atoms with E-state index in [0.29, 0.717) is 18.8 Å². The van der Waals surface area contributed by atoms with Crippen LogP contribution >= 0.6 is 0 Å². The molecular weight excluding hydrogens is 220 g/mol. The third-order valence-electron chi connectivity index (χ3n) is 2.09. The third kappa shape index (κ3) is 2.82. The molecule has 0 radical (unpaired) electrons. The van der Waals surface area contributed by atoms with Crippen LogP contribution in [0.15, 0.2) is 12.1 Å². The fourth-order valence-corrected chi connectivity index (χ4v) is 1.32. The molecule has 0 heterocycles. The molecule has 0 aliphatic rings. The molecule has 0 saturated carbocycles. The fourth-order valence-electron chi connectivity index (χ4n) is 1.32. The fraction of sp³-hybridized carbons (Fsp3) is 0.300. The second-order valence-electron chi connectivity index (χ2n) is 3.21. The average Bonchev–Trinajstić information content (AvgIpc) is 2.23. The predicted octanol–water partition coefficient (Wildman–Crippen LogP) is 2.39. The van der Waals surface area contributed by atoms with Crippen molar-refractivity contribution >= 4 is 12.0 Å². The molecule has 0 fully saturated rings. The number of unbranched alkanes of at least 4 members (excludes halogenated alkanes) is 1. The number of nitro groups is 1. The van der Waals surface area contributed by atoms with Crippen LogP contribution in [-0.2, 0) is 11.2 Å². The van der Waals surface area contributed by atoms with E-state index < -0.39 is 22.2 Å². The molecular formula is C10H9F2NO3. The Morgan fingerprint density at radius 2 is 1.94 bits per heavy atom. The molecule has 4 nitrogen and oxygen atoms in total. The minimum Gasteiger partial charge on any atom is -0.303 e. The second kappa shape index (κ2) is 5.29. The zero-order chi connectivity index (χ0) is 12.1. The molecule has 0 aromatic heterocycles. The van der Waals surface area contributed by atoms with E-state index in [1.165, 1.54) is 0 Å². The number of hydrogen-bond acceptors (Lipinski definition) is 3. The van der Waals surface area contributed by atoms with Gasteiger partial charge in [-0.3, -0.25) is 10.1 Å². The van der Waals surface area contributed by atoms with Crippen molar-refractivity contribution in [3.05, 3.63) is 39.4 Å². The molecule has 0 aliphatic heterocycles. The lowest BCUT2D eigenvalue weighted by Crippen LogP contribution is -1.99. The number of carbonyl (C=O) groups excluding carboxylic acids is 1. The Labute approximate surface area is 90.0 Å². The number of nitrogens with zero attached hydrogens (tertiary/aromatic N) is 1. The summed E-state index contributed by atoms with van der Waals surface area (Å²) in [7, 11) is 0. The first-order valence-electron chi connectivity index (χ1n) is 4.62. The van der Waals surface area contributed by atoms with Crippen LogP contribution in [0.2, 0.25) is 0 Å². The minimum atomic E-state index is -1.24. The highest BCUT2D eigenvalue weighted by molar-refractivity contribution is 5.49. The molecule has 0 amide bonds. The van der Waals surface area contributed by atoms with E-state index in [1.807, 2.05) is 0 Å². The molecule has 1 aromatic rings. The van der Waals surface area contributed by atoms with Gasteiger partial charge in [0.15, 0.2) is 11.6 Å². The summed E-state index contributed by atoms with van der Waals surface area (Å²) in [5.41, 5.74) is -0.351. The van der Waals surface area contributed by atoms with Crippen molar-refractivity contribution in [1.82, 2.24) is 0 Å². The van der Waals surface area contributed by atoms with E-state index in [9.17, 15) is 23.7 Å². The maximum Gasteiger partial charge on any atom is 0.275 e. The molecule has 0 aliphatic carbocycles. The molecule has 0 unspecified atom stereocenters. The van der Waals surface area contributed by atoms with Gasteiger partial charge in [-0.1, -0.05) is 0 Å². The molecule has 0 saturated heterocycles. The van der Waals surface area contributed by atoms with Crippen molar-refractivity contribution in [2.75, 3.05) is 0 Å². The number of nitro benzene ring substituents is 1. The first kappa shape index (κ1) is 12.2. The second-order valence-corrected chi connectivity index (χ2v) is 3.21. The van der Waals surface area contributed by atoms with Crippen LogP contribution in [0, 0.1) is 21.7 Å². The van der Waals surface area contributed by atoms with Gasteiger partial charge in [0.2, 0.25) is 0 Å². The molecule has 6 heteroatoms. The van der Waals surface area contributed by atoms with Gasteiger partial charge in [0.1, 0.15) is 6.29 Å². The van der Waals surface area contributed by atoms with Crippen molar-refractivity contribution < 1.29 is 18.5 Å². The molecule has 0 N–H and O–H groups in total. The van der Waals surface area contributed by atoms with Gasteiger partial charge in [-0.25, -0.2) is 8.78 Å². The Hall–Kier alpha value is -1.85. The number of aryl methyl sites for hydroxylation is 1. The van der Waals surface area contributed by atoms with Crippen molar-refractivity contribution in [1.29, 1.82) is 0 Å². The lowest BCUT2D eigenvalue weighted by atomic mass is 10.1. The smallest absolute Gasteiger partial charge is 0.275 e. The van der Waals surface area contributed by atoms with Gasteiger partial charge in [0, 0.05) is 12.0 Å². The summed E-state index contributed by atoms with van der Waals surface area (Å²) in [4.78, 5) is 19.9. The lowest BCUT2D eigenvalue weighted by molar-refractivity contribution is -0.385. The first-order chi connectivity index (χ1) is 7.56. The molecule has 86 valence electrons. The Bertz CT molecular complexity index is 421. The molecule has 16 heavy (non-hydrogen) atoms. The molecule has 0 bridgehead atoms. The summed E-state index contributed by atoms with van der Waals surface area (Å²) in [6, 6.07) is 1.36. The number of carbonyl (C=O) groups is 1. The summed E-state index contributed by atoms with van der Waals surface area (Å²) in [5, 5.41) is 10.6. The predicted molar refractivity (Wildman–Crippen MR) is 52.0 cm³/mol. The highest BCUT2D eigenvalue weighted by Crippen LogP contribution is 2.23. The summed E-state index contributed by atoms with van der Waals surface area (Å²) in [6.07, 6.45) is 1.45. The van der Waals surface area contributed by atoms with Gasteiger partial charge < -0.3 is 4.79 Å². The summed E-state index contributed by atoms with van der Waals surface area (Å²) in [5.74, 6) is -2.36. The molecule has 1 aromatic carbocycles. The van der Waals surface area contributed by atoms with Crippen LogP contribution in [0.5, 0.6) is 0 Å². The number of halogens is 2. The van der Waals surface area contributed by atoms with Gasteiger partial charge in [0.05, 0.1) is 11.0 Å².